The molecule has 2 aliphatic carbocycles. The summed E-state index contributed by atoms with van der Waals surface area (Å²) in [6.07, 6.45) is 1.09. The van der Waals surface area contributed by atoms with E-state index in [2.05, 4.69) is 4.98 Å². The number of benzene rings is 1. The summed E-state index contributed by atoms with van der Waals surface area (Å²) >= 11 is 1.46. The van der Waals surface area contributed by atoms with Crippen LogP contribution in [0.15, 0.2) is 48.0 Å². The van der Waals surface area contributed by atoms with E-state index >= 15 is 0 Å². The number of nitrogens with zero attached hydrogens (tertiary/aromatic N) is 1. The van der Waals surface area contributed by atoms with Crippen LogP contribution in [-0.2, 0) is 12.6 Å². The summed E-state index contributed by atoms with van der Waals surface area (Å²) in [4.78, 5) is 18.7. The molecule has 5 rings (SSSR count). The third kappa shape index (κ3) is 3.49. The molecule has 1 N–H and O–H groups in total. The maximum Gasteiger partial charge on any atom is 0.416 e. The zero-order chi connectivity index (χ0) is 21.8. The maximum atomic E-state index is 13.3. The van der Waals surface area contributed by atoms with Gasteiger partial charge in [-0.3, -0.25) is 9.78 Å². The summed E-state index contributed by atoms with van der Waals surface area (Å²) in [5.41, 5.74) is 1.95. The van der Waals surface area contributed by atoms with Gasteiger partial charge in [0.25, 0.3) is 0 Å². The van der Waals surface area contributed by atoms with Gasteiger partial charge in [0.2, 0.25) is 0 Å². The van der Waals surface area contributed by atoms with Crippen LogP contribution in [0.3, 0.4) is 0 Å². The Kier molecular flexibility index (Phi) is 4.79. The van der Waals surface area contributed by atoms with Crippen LogP contribution < -0.4 is 0 Å². The van der Waals surface area contributed by atoms with Gasteiger partial charge in [0.1, 0.15) is 0 Å². The molecule has 2 aliphatic rings. The highest BCUT2D eigenvalue weighted by atomic mass is 32.1. The average molecular weight is 443 g/mol. The number of aromatic nitrogens is 1. The molecular weight excluding hydrogens is 423 g/mol. The van der Waals surface area contributed by atoms with E-state index in [1.807, 2.05) is 17.5 Å². The lowest BCUT2D eigenvalue weighted by atomic mass is 9.59. The van der Waals surface area contributed by atoms with Gasteiger partial charge in [-0.05, 0) is 54.7 Å². The molecule has 0 amide bonds. The van der Waals surface area contributed by atoms with Crippen molar-refractivity contribution in [3.63, 3.8) is 0 Å². The predicted molar refractivity (Wildman–Crippen MR) is 112 cm³/mol. The van der Waals surface area contributed by atoms with Gasteiger partial charge in [-0.25, -0.2) is 0 Å². The summed E-state index contributed by atoms with van der Waals surface area (Å²) in [6, 6.07) is 8.00. The van der Waals surface area contributed by atoms with Crippen molar-refractivity contribution in [2.45, 2.75) is 44.4 Å². The highest BCUT2D eigenvalue weighted by Gasteiger charge is 2.45. The molecule has 3 aromatic rings. The number of carbonyl (C=O) groups excluding carboxylic acids is 1. The van der Waals surface area contributed by atoms with Gasteiger partial charge in [0.15, 0.2) is 5.78 Å². The van der Waals surface area contributed by atoms with Gasteiger partial charge in [0.05, 0.1) is 11.7 Å². The standard InChI is InChI=1S/C24H20F3NO2S/c25-24(26,27)15-6-4-14(5-7-15)22(30)16-13-28-17-11-23(8-2-9-23)12-18(29)21(17)20(16)19-3-1-10-31-19/h1,3-7,10,13,18,29H,2,8-9,11-12H2. The van der Waals surface area contributed by atoms with Crippen molar-refractivity contribution in [3.8, 4) is 10.4 Å². The fraction of sp³-hybridized carbons (Fsp3) is 0.333. The number of hydrogen-bond donors (Lipinski definition) is 1. The van der Waals surface area contributed by atoms with E-state index in [-0.39, 0.29) is 11.0 Å². The summed E-state index contributed by atoms with van der Waals surface area (Å²) in [5.74, 6) is -0.399. The molecule has 1 spiro atoms. The van der Waals surface area contributed by atoms with Crippen molar-refractivity contribution in [2.24, 2.45) is 5.41 Å². The zero-order valence-corrected chi connectivity index (χ0v) is 17.4. The number of halogens is 3. The van der Waals surface area contributed by atoms with Crippen LogP contribution in [-0.4, -0.2) is 15.9 Å². The summed E-state index contributed by atoms with van der Waals surface area (Å²) < 4.78 is 38.7. The van der Waals surface area contributed by atoms with Crippen molar-refractivity contribution in [1.82, 2.24) is 4.98 Å². The number of thiophene rings is 1. The summed E-state index contributed by atoms with van der Waals surface area (Å²) in [7, 11) is 0. The normalized spacial score (nSPS) is 19.7. The summed E-state index contributed by atoms with van der Waals surface area (Å²) in [6.45, 7) is 0. The number of pyridine rings is 1. The smallest absolute Gasteiger partial charge is 0.388 e. The molecule has 1 saturated carbocycles. The van der Waals surface area contributed by atoms with Crippen molar-refractivity contribution in [1.29, 1.82) is 0 Å². The maximum absolute atomic E-state index is 13.3. The molecule has 2 heterocycles. The Morgan fingerprint density at radius 2 is 1.90 bits per heavy atom. The lowest BCUT2D eigenvalue weighted by molar-refractivity contribution is -0.137. The van der Waals surface area contributed by atoms with E-state index < -0.39 is 23.6 Å². The van der Waals surface area contributed by atoms with Crippen LogP contribution in [0.2, 0.25) is 0 Å². The minimum Gasteiger partial charge on any atom is -0.388 e. The third-order valence-electron chi connectivity index (χ3n) is 6.60. The molecule has 0 saturated heterocycles. The molecule has 0 bridgehead atoms. The largest absolute Gasteiger partial charge is 0.416 e. The first-order chi connectivity index (χ1) is 14.8. The molecule has 0 radical (unpaired) electrons. The van der Waals surface area contributed by atoms with Crippen molar-refractivity contribution < 1.29 is 23.1 Å². The van der Waals surface area contributed by atoms with Crippen LogP contribution in [0.25, 0.3) is 10.4 Å². The Labute approximate surface area is 181 Å². The first-order valence-corrected chi connectivity index (χ1v) is 11.1. The van der Waals surface area contributed by atoms with Crippen LogP contribution in [0.1, 0.15) is 64.5 Å². The molecule has 31 heavy (non-hydrogen) atoms. The lowest BCUT2D eigenvalue weighted by Crippen LogP contribution is -2.38. The molecule has 0 aliphatic heterocycles. The fourth-order valence-electron chi connectivity index (χ4n) is 4.89. The van der Waals surface area contributed by atoms with Crippen LogP contribution in [0.4, 0.5) is 13.2 Å². The fourth-order valence-corrected chi connectivity index (χ4v) is 5.69. The molecule has 1 fully saturated rings. The lowest BCUT2D eigenvalue weighted by Gasteiger charge is -2.47. The van der Waals surface area contributed by atoms with E-state index in [0.717, 1.165) is 48.4 Å². The number of aliphatic hydroxyl groups is 1. The number of rotatable bonds is 3. The van der Waals surface area contributed by atoms with Crippen LogP contribution in [0, 0.1) is 5.41 Å². The Morgan fingerprint density at radius 1 is 1.16 bits per heavy atom. The second kappa shape index (κ2) is 7.28. The van der Waals surface area contributed by atoms with Gasteiger partial charge in [-0.1, -0.05) is 24.6 Å². The van der Waals surface area contributed by atoms with E-state index in [1.165, 1.54) is 29.7 Å². The highest BCUT2D eigenvalue weighted by molar-refractivity contribution is 7.13. The Hall–Kier alpha value is -2.51. The Bertz CT molecular complexity index is 1130. The number of carbonyl (C=O) groups is 1. The first kappa shape index (κ1) is 20.4. The van der Waals surface area contributed by atoms with Gasteiger partial charge >= 0.3 is 6.18 Å². The van der Waals surface area contributed by atoms with Crippen LogP contribution in [0.5, 0.6) is 0 Å². The molecule has 160 valence electrons. The van der Waals surface area contributed by atoms with Gasteiger partial charge < -0.3 is 5.11 Å². The molecule has 2 aromatic heterocycles. The van der Waals surface area contributed by atoms with E-state index in [4.69, 9.17) is 0 Å². The van der Waals surface area contributed by atoms with Gasteiger partial charge in [-0.15, -0.1) is 11.3 Å². The third-order valence-corrected chi connectivity index (χ3v) is 7.49. The van der Waals surface area contributed by atoms with Crippen molar-refractivity contribution in [3.05, 3.63) is 75.9 Å². The van der Waals surface area contributed by atoms with Gasteiger partial charge in [0, 0.05) is 39.0 Å². The van der Waals surface area contributed by atoms with E-state index in [9.17, 15) is 23.1 Å². The Balaban J connectivity index is 1.61. The number of fused-ring (bicyclic) bond motifs is 1. The zero-order valence-electron chi connectivity index (χ0n) is 16.6. The SMILES string of the molecule is O=C(c1ccc(C(F)(F)F)cc1)c1cnc2c(c1-c1cccs1)C(O)CC1(CCC1)C2. The van der Waals surface area contributed by atoms with Crippen LogP contribution >= 0.6 is 11.3 Å². The predicted octanol–water partition coefficient (Wildman–Crippen LogP) is 6.21. The molecule has 3 nitrogen and oxygen atoms in total. The second-order valence-corrected chi connectivity index (χ2v) is 9.49. The van der Waals surface area contributed by atoms with E-state index in [1.54, 1.807) is 0 Å². The molecule has 1 unspecified atom stereocenters. The first-order valence-electron chi connectivity index (χ1n) is 10.2. The molecule has 1 aromatic carbocycles. The number of aliphatic hydroxyl groups excluding tert-OH is 1. The average Bonchev–Trinajstić information content (AvgIpc) is 3.25. The minimum atomic E-state index is -4.46. The van der Waals surface area contributed by atoms with Crippen molar-refractivity contribution >= 4 is 17.1 Å². The second-order valence-electron chi connectivity index (χ2n) is 8.54. The Morgan fingerprint density at radius 3 is 2.48 bits per heavy atom. The van der Waals surface area contributed by atoms with E-state index in [0.29, 0.717) is 23.1 Å². The number of alkyl halides is 3. The molecular formula is C24H20F3NO2S. The molecule has 7 heteroatoms. The quantitative estimate of drug-likeness (QED) is 0.490. The molecule has 1 atom stereocenters. The monoisotopic (exact) mass is 443 g/mol. The van der Waals surface area contributed by atoms with Crippen molar-refractivity contribution in [2.75, 3.05) is 0 Å². The highest BCUT2D eigenvalue weighted by Crippen LogP contribution is 2.54. The number of hydrogen-bond acceptors (Lipinski definition) is 4. The van der Waals surface area contributed by atoms with Gasteiger partial charge in [-0.2, -0.15) is 13.2 Å². The minimum absolute atomic E-state index is 0.102. The topological polar surface area (TPSA) is 50.2 Å². The number of ketones is 1. The summed E-state index contributed by atoms with van der Waals surface area (Å²) in [5, 5.41) is 13.0.